The van der Waals surface area contributed by atoms with Crippen molar-refractivity contribution in [1.29, 1.82) is 5.26 Å². The molecule has 1 N–H and O–H groups in total. The minimum Gasteiger partial charge on any atom is -0.369 e. The number of H-pyrrole nitrogens is 1. The second kappa shape index (κ2) is 8.50. The molecular weight excluding hydrogens is 344 g/mol. The van der Waals surface area contributed by atoms with Gasteiger partial charge in [0.25, 0.3) is 0 Å². The topological polar surface area (TPSA) is 46.1 Å². The Kier molecular flexibility index (Phi) is 5.64. The zero-order chi connectivity index (χ0) is 19.3. The minimum atomic E-state index is 0.736. The quantitative estimate of drug-likeness (QED) is 0.648. The number of hydrogen-bond acceptors (Lipinski definition) is 3. The van der Waals surface area contributed by atoms with Crippen molar-refractivity contribution in [3.8, 4) is 6.07 Å². The van der Waals surface area contributed by atoms with Crippen LogP contribution in [0.1, 0.15) is 29.5 Å². The summed E-state index contributed by atoms with van der Waals surface area (Å²) in [5.74, 6) is 0. The Morgan fingerprint density at radius 2 is 1.86 bits per heavy atom. The van der Waals surface area contributed by atoms with Crippen molar-refractivity contribution in [3.63, 3.8) is 0 Å². The number of rotatable bonds is 6. The molecule has 3 aromatic rings. The Labute approximate surface area is 167 Å². The van der Waals surface area contributed by atoms with Gasteiger partial charge >= 0.3 is 0 Å². The van der Waals surface area contributed by atoms with Crippen molar-refractivity contribution in [2.45, 2.75) is 26.2 Å². The Balaban J connectivity index is 1.24. The molecule has 1 aliphatic rings. The molecule has 0 bridgehead atoms. The lowest BCUT2D eigenvalue weighted by Crippen LogP contribution is -2.46. The average Bonchev–Trinajstić information content (AvgIpc) is 3.14. The fourth-order valence-corrected chi connectivity index (χ4v) is 4.24. The number of nitrogens with one attached hydrogen (secondary N) is 1. The van der Waals surface area contributed by atoms with E-state index in [0.717, 1.165) is 43.7 Å². The van der Waals surface area contributed by atoms with Crippen LogP contribution < -0.4 is 4.90 Å². The molecule has 0 saturated carbocycles. The minimum absolute atomic E-state index is 0.736. The van der Waals surface area contributed by atoms with E-state index < -0.39 is 0 Å². The van der Waals surface area contributed by atoms with Gasteiger partial charge in [0.1, 0.15) is 0 Å². The lowest BCUT2D eigenvalue weighted by atomic mass is 10.0. The van der Waals surface area contributed by atoms with E-state index >= 15 is 0 Å². The molecular formula is C24H28N4. The summed E-state index contributed by atoms with van der Waals surface area (Å²) in [5.41, 5.74) is 5.95. The number of aryl methyl sites for hydroxylation is 2. The molecule has 0 unspecified atom stereocenters. The third-order valence-corrected chi connectivity index (χ3v) is 5.90. The summed E-state index contributed by atoms with van der Waals surface area (Å²) >= 11 is 0. The molecule has 28 heavy (non-hydrogen) atoms. The SMILES string of the molecule is Cc1ccccc1N1CCN(CCCCc2c[nH]c3ccc(C#N)cc23)CC1. The number of aromatic nitrogens is 1. The van der Waals surface area contributed by atoms with Gasteiger partial charge in [-0.3, -0.25) is 4.90 Å². The molecule has 4 nitrogen and oxygen atoms in total. The number of para-hydroxylation sites is 1. The molecule has 0 amide bonds. The highest BCUT2D eigenvalue weighted by molar-refractivity contribution is 5.84. The maximum atomic E-state index is 9.12. The normalized spacial score (nSPS) is 15.1. The van der Waals surface area contributed by atoms with Crippen molar-refractivity contribution in [2.75, 3.05) is 37.6 Å². The summed E-state index contributed by atoms with van der Waals surface area (Å²) in [6.07, 6.45) is 5.57. The number of nitriles is 1. The van der Waals surface area contributed by atoms with Gasteiger partial charge in [0.15, 0.2) is 0 Å². The second-order valence-corrected chi connectivity index (χ2v) is 7.76. The molecule has 0 spiro atoms. The van der Waals surface area contributed by atoms with Crippen molar-refractivity contribution >= 4 is 16.6 Å². The zero-order valence-corrected chi connectivity index (χ0v) is 16.6. The predicted molar refractivity (Wildman–Crippen MR) is 116 cm³/mol. The Bertz CT molecular complexity index is 974. The van der Waals surface area contributed by atoms with Crippen molar-refractivity contribution in [3.05, 3.63) is 65.4 Å². The Morgan fingerprint density at radius 3 is 2.64 bits per heavy atom. The average molecular weight is 373 g/mol. The monoisotopic (exact) mass is 372 g/mol. The highest BCUT2D eigenvalue weighted by Crippen LogP contribution is 2.22. The Morgan fingerprint density at radius 1 is 1.04 bits per heavy atom. The molecule has 2 heterocycles. The van der Waals surface area contributed by atoms with Crippen LogP contribution in [0, 0.1) is 18.3 Å². The smallest absolute Gasteiger partial charge is 0.0991 e. The van der Waals surface area contributed by atoms with Crippen LogP contribution in [0.5, 0.6) is 0 Å². The molecule has 1 aromatic heterocycles. The lowest BCUT2D eigenvalue weighted by molar-refractivity contribution is 0.253. The van der Waals surface area contributed by atoms with Gasteiger partial charge in [0.2, 0.25) is 0 Å². The van der Waals surface area contributed by atoms with Crippen LogP contribution in [0.15, 0.2) is 48.7 Å². The number of nitrogens with zero attached hydrogens (tertiary/aromatic N) is 3. The van der Waals surface area contributed by atoms with Crippen molar-refractivity contribution in [2.24, 2.45) is 0 Å². The van der Waals surface area contributed by atoms with Crippen LogP contribution in [0.3, 0.4) is 0 Å². The number of fused-ring (bicyclic) bond motifs is 1. The first-order valence-electron chi connectivity index (χ1n) is 10.3. The fourth-order valence-electron chi connectivity index (χ4n) is 4.24. The number of aromatic amines is 1. The van der Waals surface area contributed by atoms with Crippen molar-refractivity contribution in [1.82, 2.24) is 9.88 Å². The summed E-state index contributed by atoms with van der Waals surface area (Å²) < 4.78 is 0. The van der Waals surface area contributed by atoms with Crippen molar-refractivity contribution < 1.29 is 0 Å². The molecule has 0 atom stereocenters. The number of anilines is 1. The first-order valence-corrected chi connectivity index (χ1v) is 10.3. The van der Waals surface area contributed by atoms with E-state index in [1.165, 1.54) is 41.6 Å². The van der Waals surface area contributed by atoms with Crippen LogP contribution in [0.2, 0.25) is 0 Å². The summed E-state index contributed by atoms with van der Waals surface area (Å²) in [6.45, 7) is 7.90. The predicted octanol–water partition coefficient (Wildman–Crippen LogP) is 4.49. The first-order chi connectivity index (χ1) is 13.7. The van der Waals surface area contributed by atoms with Crippen LogP contribution in [0.4, 0.5) is 5.69 Å². The molecule has 2 aromatic carbocycles. The lowest BCUT2D eigenvalue weighted by Gasteiger charge is -2.36. The summed E-state index contributed by atoms with van der Waals surface area (Å²) in [6, 6.07) is 16.8. The van der Waals surface area contributed by atoms with Gasteiger partial charge in [-0.2, -0.15) is 5.26 Å². The number of piperazine rings is 1. The van der Waals surface area contributed by atoms with E-state index in [0.29, 0.717) is 0 Å². The van der Waals surface area contributed by atoms with E-state index in [4.69, 9.17) is 5.26 Å². The zero-order valence-electron chi connectivity index (χ0n) is 16.6. The van der Waals surface area contributed by atoms with Gasteiger partial charge in [-0.25, -0.2) is 0 Å². The second-order valence-electron chi connectivity index (χ2n) is 7.76. The summed E-state index contributed by atoms with van der Waals surface area (Å²) in [4.78, 5) is 8.44. The van der Waals surface area contributed by atoms with E-state index in [-0.39, 0.29) is 0 Å². The maximum absolute atomic E-state index is 9.12. The number of unbranched alkanes of at least 4 members (excludes halogenated alkanes) is 1. The number of hydrogen-bond donors (Lipinski definition) is 1. The molecule has 1 saturated heterocycles. The molecule has 144 valence electrons. The standard InChI is InChI=1S/C24H28N4/c1-19-6-2-3-8-24(19)28-14-12-27(13-15-28)11-5-4-7-21-18-26-23-10-9-20(17-25)16-22(21)23/h2-3,6,8-10,16,18,26H,4-5,7,11-15H2,1H3. The van der Waals surface area contributed by atoms with Gasteiger partial charge in [-0.15, -0.1) is 0 Å². The van der Waals surface area contributed by atoms with Crippen LogP contribution >= 0.6 is 0 Å². The van der Waals surface area contributed by atoms with Crippen LogP contribution in [-0.2, 0) is 6.42 Å². The highest BCUT2D eigenvalue weighted by atomic mass is 15.3. The molecule has 4 heteroatoms. The summed E-state index contributed by atoms with van der Waals surface area (Å²) in [7, 11) is 0. The molecule has 0 radical (unpaired) electrons. The first kappa shape index (κ1) is 18.6. The van der Waals surface area contributed by atoms with Crippen LogP contribution in [-0.4, -0.2) is 42.6 Å². The van der Waals surface area contributed by atoms with Gasteiger partial charge in [0.05, 0.1) is 11.6 Å². The third-order valence-electron chi connectivity index (χ3n) is 5.90. The van der Waals surface area contributed by atoms with E-state index in [1.54, 1.807) is 0 Å². The third kappa shape index (κ3) is 4.05. The fraction of sp³-hybridized carbons (Fsp3) is 0.375. The molecule has 0 aliphatic carbocycles. The van der Waals surface area contributed by atoms with Crippen LogP contribution in [0.25, 0.3) is 10.9 Å². The van der Waals surface area contributed by atoms with Gasteiger partial charge in [-0.05, 0) is 68.1 Å². The molecule has 4 rings (SSSR count). The number of benzene rings is 2. The van der Waals surface area contributed by atoms with E-state index in [9.17, 15) is 0 Å². The van der Waals surface area contributed by atoms with Gasteiger partial charge < -0.3 is 9.88 Å². The maximum Gasteiger partial charge on any atom is 0.0991 e. The van der Waals surface area contributed by atoms with E-state index in [2.05, 4.69) is 58.2 Å². The van der Waals surface area contributed by atoms with Gasteiger partial charge in [-0.1, -0.05) is 18.2 Å². The Hall–Kier alpha value is -2.77. The highest BCUT2D eigenvalue weighted by Gasteiger charge is 2.17. The molecule has 1 aliphatic heterocycles. The molecule has 1 fully saturated rings. The van der Waals surface area contributed by atoms with E-state index in [1.807, 2.05) is 18.2 Å². The summed E-state index contributed by atoms with van der Waals surface area (Å²) in [5, 5.41) is 10.3. The van der Waals surface area contributed by atoms with Gasteiger partial charge in [0, 0.05) is 49.0 Å². The largest absolute Gasteiger partial charge is 0.369 e.